The second kappa shape index (κ2) is 6.36. The van der Waals surface area contributed by atoms with Crippen LogP contribution in [0.4, 0.5) is 0 Å². The third-order valence-electron chi connectivity index (χ3n) is 3.90. The lowest BCUT2D eigenvalue weighted by atomic mass is 10.1. The predicted molar refractivity (Wildman–Crippen MR) is 69.0 cm³/mol. The molecule has 2 aliphatic heterocycles. The van der Waals surface area contributed by atoms with Crippen LogP contribution in [0.5, 0.6) is 0 Å². The fourth-order valence-electron chi connectivity index (χ4n) is 2.57. The van der Waals surface area contributed by atoms with Gasteiger partial charge in [0.15, 0.2) is 0 Å². The van der Waals surface area contributed by atoms with Gasteiger partial charge in [-0.05, 0) is 12.8 Å². The largest absolute Gasteiger partial charge is 0.341 e. The molecule has 1 N–H and O–H groups in total. The number of nitrogens with one attached hydrogen (secondary N) is 1. The number of carbonyl (C=O) groups is 1. The maximum absolute atomic E-state index is 12.0. The van der Waals surface area contributed by atoms with Crippen molar-refractivity contribution in [1.82, 2.24) is 15.1 Å². The highest BCUT2D eigenvalue weighted by Gasteiger charge is 2.27. The lowest BCUT2D eigenvalue weighted by Crippen LogP contribution is -2.57. The van der Waals surface area contributed by atoms with Crippen LogP contribution in [0.3, 0.4) is 0 Å². The zero-order valence-electron chi connectivity index (χ0n) is 11.0. The number of unbranched alkanes of at least 4 members (excludes halogenated alkanes) is 1. The Balaban J connectivity index is 1.76. The molecule has 0 saturated carbocycles. The van der Waals surface area contributed by atoms with E-state index in [-0.39, 0.29) is 0 Å². The molecule has 0 aromatic carbocycles. The molecule has 0 aromatic heterocycles. The van der Waals surface area contributed by atoms with Crippen LogP contribution in [-0.2, 0) is 4.79 Å². The molecular formula is C13H25N3O. The summed E-state index contributed by atoms with van der Waals surface area (Å²) in [5, 5.41) is 3.32. The summed E-state index contributed by atoms with van der Waals surface area (Å²) < 4.78 is 0. The van der Waals surface area contributed by atoms with Crippen LogP contribution in [-0.4, -0.2) is 61.0 Å². The highest BCUT2D eigenvalue weighted by Crippen LogP contribution is 2.11. The van der Waals surface area contributed by atoms with Gasteiger partial charge in [-0.15, -0.1) is 0 Å². The molecule has 1 amide bonds. The van der Waals surface area contributed by atoms with E-state index >= 15 is 0 Å². The van der Waals surface area contributed by atoms with Crippen molar-refractivity contribution >= 4 is 5.91 Å². The molecule has 0 unspecified atom stereocenters. The van der Waals surface area contributed by atoms with Gasteiger partial charge in [0.25, 0.3) is 0 Å². The quantitative estimate of drug-likeness (QED) is 0.784. The van der Waals surface area contributed by atoms with E-state index in [2.05, 4.69) is 22.0 Å². The minimum absolute atomic E-state index is 0.362. The average Bonchev–Trinajstić information content (AvgIpc) is 2.49. The molecule has 17 heavy (non-hydrogen) atoms. The molecule has 0 aliphatic carbocycles. The first-order valence-electron chi connectivity index (χ1n) is 7.04. The van der Waals surface area contributed by atoms with E-state index in [0.717, 1.165) is 71.0 Å². The molecule has 2 rings (SSSR count). The van der Waals surface area contributed by atoms with E-state index in [1.807, 2.05) is 0 Å². The van der Waals surface area contributed by atoms with Crippen molar-refractivity contribution in [2.75, 3.05) is 39.3 Å². The third-order valence-corrected chi connectivity index (χ3v) is 3.90. The van der Waals surface area contributed by atoms with Crippen LogP contribution < -0.4 is 5.32 Å². The normalized spacial score (nSPS) is 23.2. The Hall–Kier alpha value is -0.610. The predicted octanol–water partition coefficient (Wildman–Crippen LogP) is 0.683. The number of nitrogens with zero attached hydrogens (tertiary/aromatic N) is 2. The van der Waals surface area contributed by atoms with E-state index in [1.54, 1.807) is 0 Å². The zero-order valence-corrected chi connectivity index (χ0v) is 11.0. The van der Waals surface area contributed by atoms with Crippen LogP contribution in [0.25, 0.3) is 0 Å². The van der Waals surface area contributed by atoms with Gasteiger partial charge in [-0.3, -0.25) is 9.69 Å². The standard InChI is InChI=1S/C13H25N3O/c1-2-3-5-13(17)16-7-4-6-15(8-9-16)12-10-14-11-12/h12,14H,2-11H2,1H3. The van der Waals surface area contributed by atoms with Gasteiger partial charge in [-0.25, -0.2) is 0 Å². The summed E-state index contributed by atoms with van der Waals surface area (Å²) in [4.78, 5) is 16.6. The van der Waals surface area contributed by atoms with Crippen LogP contribution in [0.1, 0.15) is 32.6 Å². The van der Waals surface area contributed by atoms with Crippen molar-refractivity contribution in [2.45, 2.75) is 38.6 Å². The van der Waals surface area contributed by atoms with Crippen molar-refractivity contribution in [2.24, 2.45) is 0 Å². The minimum Gasteiger partial charge on any atom is -0.341 e. The van der Waals surface area contributed by atoms with Gasteiger partial charge in [0.05, 0.1) is 0 Å². The van der Waals surface area contributed by atoms with E-state index in [4.69, 9.17) is 0 Å². The second-order valence-electron chi connectivity index (χ2n) is 5.19. The SMILES string of the molecule is CCCCC(=O)N1CCCN(C2CNC2)CC1. The first-order chi connectivity index (χ1) is 8.31. The van der Waals surface area contributed by atoms with Crippen molar-refractivity contribution < 1.29 is 4.79 Å². The Labute approximate surface area is 104 Å². The highest BCUT2D eigenvalue weighted by atomic mass is 16.2. The fourth-order valence-corrected chi connectivity index (χ4v) is 2.57. The summed E-state index contributed by atoms with van der Waals surface area (Å²) in [5.74, 6) is 0.362. The van der Waals surface area contributed by atoms with Gasteiger partial charge in [0.2, 0.25) is 5.91 Å². The Kier molecular flexibility index (Phi) is 4.80. The third kappa shape index (κ3) is 3.42. The van der Waals surface area contributed by atoms with Crippen LogP contribution in [0.15, 0.2) is 0 Å². The lowest BCUT2D eigenvalue weighted by Gasteiger charge is -2.37. The van der Waals surface area contributed by atoms with Gasteiger partial charge in [-0.2, -0.15) is 0 Å². The Bertz CT molecular complexity index is 253. The Morgan fingerprint density at radius 1 is 1.24 bits per heavy atom. The molecule has 2 aliphatic rings. The average molecular weight is 239 g/mol. The molecule has 0 radical (unpaired) electrons. The summed E-state index contributed by atoms with van der Waals surface area (Å²) >= 11 is 0. The minimum atomic E-state index is 0.362. The molecule has 0 spiro atoms. The number of amides is 1. The van der Waals surface area contributed by atoms with Crippen LogP contribution in [0.2, 0.25) is 0 Å². The first-order valence-corrected chi connectivity index (χ1v) is 7.04. The maximum atomic E-state index is 12.0. The summed E-state index contributed by atoms with van der Waals surface area (Å²) in [6, 6.07) is 0.723. The van der Waals surface area contributed by atoms with E-state index in [9.17, 15) is 4.79 Å². The molecular weight excluding hydrogens is 214 g/mol. The van der Waals surface area contributed by atoms with Crippen LogP contribution >= 0.6 is 0 Å². The summed E-state index contributed by atoms with van der Waals surface area (Å²) in [7, 11) is 0. The maximum Gasteiger partial charge on any atom is 0.222 e. The van der Waals surface area contributed by atoms with Crippen molar-refractivity contribution in [3.8, 4) is 0 Å². The van der Waals surface area contributed by atoms with Gasteiger partial charge < -0.3 is 10.2 Å². The van der Waals surface area contributed by atoms with E-state index in [0.29, 0.717) is 5.91 Å². The van der Waals surface area contributed by atoms with Crippen molar-refractivity contribution in [1.29, 1.82) is 0 Å². The molecule has 2 fully saturated rings. The number of rotatable bonds is 4. The Morgan fingerprint density at radius 2 is 2.06 bits per heavy atom. The smallest absolute Gasteiger partial charge is 0.222 e. The van der Waals surface area contributed by atoms with Crippen molar-refractivity contribution in [3.05, 3.63) is 0 Å². The molecule has 4 heteroatoms. The fraction of sp³-hybridized carbons (Fsp3) is 0.923. The number of hydrogen-bond donors (Lipinski definition) is 1. The van der Waals surface area contributed by atoms with E-state index in [1.165, 1.54) is 0 Å². The summed E-state index contributed by atoms with van der Waals surface area (Å²) in [5.41, 5.74) is 0. The summed E-state index contributed by atoms with van der Waals surface area (Å²) in [6.45, 7) is 8.50. The molecule has 98 valence electrons. The lowest BCUT2D eigenvalue weighted by molar-refractivity contribution is -0.131. The molecule has 0 bridgehead atoms. The topological polar surface area (TPSA) is 35.6 Å². The van der Waals surface area contributed by atoms with Gasteiger partial charge in [0.1, 0.15) is 0 Å². The van der Waals surface area contributed by atoms with E-state index < -0.39 is 0 Å². The van der Waals surface area contributed by atoms with Crippen molar-refractivity contribution in [3.63, 3.8) is 0 Å². The second-order valence-corrected chi connectivity index (χ2v) is 5.19. The number of carbonyl (C=O) groups excluding carboxylic acids is 1. The summed E-state index contributed by atoms with van der Waals surface area (Å²) in [6.07, 6.45) is 4.01. The Morgan fingerprint density at radius 3 is 2.71 bits per heavy atom. The zero-order chi connectivity index (χ0) is 12.1. The molecule has 0 atom stereocenters. The molecule has 2 saturated heterocycles. The molecule has 0 aromatic rings. The van der Waals surface area contributed by atoms with Crippen LogP contribution in [0, 0.1) is 0 Å². The first kappa shape index (κ1) is 12.8. The number of hydrogen-bond acceptors (Lipinski definition) is 3. The molecule has 2 heterocycles. The van der Waals surface area contributed by atoms with Gasteiger partial charge >= 0.3 is 0 Å². The highest BCUT2D eigenvalue weighted by molar-refractivity contribution is 5.76. The monoisotopic (exact) mass is 239 g/mol. The van der Waals surface area contributed by atoms with Gasteiger partial charge in [0, 0.05) is 51.7 Å². The molecule has 4 nitrogen and oxygen atoms in total. The van der Waals surface area contributed by atoms with Gasteiger partial charge in [-0.1, -0.05) is 13.3 Å².